The lowest BCUT2D eigenvalue weighted by atomic mass is 10.1. The van der Waals surface area contributed by atoms with E-state index in [0.29, 0.717) is 18.4 Å². The first-order valence-electron chi connectivity index (χ1n) is 5.95. The third-order valence-corrected chi connectivity index (χ3v) is 2.63. The van der Waals surface area contributed by atoms with Crippen molar-refractivity contribution in [1.82, 2.24) is 4.90 Å². The van der Waals surface area contributed by atoms with Gasteiger partial charge in [-0.05, 0) is 39.8 Å². The van der Waals surface area contributed by atoms with E-state index in [0.717, 1.165) is 25.9 Å². The van der Waals surface area contributed by atoms with Crippen LogP contribution < -0.4 is 5.73 Å². The van der Waals surface area contributed by atoms with Crippen LogP contribution in [-0.4, -0.2) is 36.4 Å². The first-order chi connectivity index (χ1) is 6.99. The zero-order chi connectivity index (χ0) is 11.8. The Kier molecular flexibility index (Phi) is 7.61. The van der Waals surface area contributed by atoms with Crippen molar-refractivity contribution < 1.29 is 4.79 Å². The molecule has 0 unspecified atom stereocenters. The molecule has 0 rings (SSSR count). The summed E-state index contributed by atoms with van der Waals surface area (Å²) in [7, 11) is 0. The molecule has 0 fully saturated rings. The number of hydrogen-bond donors (Lipinski definition) is 1. The predicted octanol–water partition coefficient (Wildman–Crippen LogP) is 1.66. The van der Waals surface area contributed by atoms with Crippen molar-refractivity contribution in [1.29, 1.82) is 0 Å². The molecular formula is C12H26N2O. The number of ketones is 1. The number of nitrogens with two attached hydrogens (primary N) is 1. The Hall–Kier alpha value is -0.410. The monoisotopic (exact) mass is 214 g/mol. The van der Waals surface area contributed by atoms with Crippen molar-refractivity contribution in [3.8, 4) is 0 Å². The minimum Gasteiger partial charge on any atom is -0.330 e. The first kappa shape index (κ1) is 14.6. The quantitative estimate of drug-likeness (QED) is 0.625. The topological polar surface area (TPSA) is 46.3 Å². The van der Waals surface area contributed by atoms with Crippen molar-refractivity contribution in [2.75, 3.05) is 19.6 Å². The highest BCUT2D eigenvalue weighted by atomic mass is 16.1. The SMILES string of the molecule is CC(C)C(=O)CN(CCCCN)C(C)C. The molecule has 0 radical (unpaired) electrons. The second-order valence-electron chi connectivity index (χ2n) is 4.68. The van der Waals surface area contributed by atoms with Gasteiger partial charge in [0.2, 0.25) is 0 Å². The van der Waals surface area contributed by atoms with Crippen LogP contribution in [0.1, 0.15) is 40.5 Å². The average Bonchev–Trinajstić information content (AvgIpc) is 2.15. The Morgan fingerprint density at radius 1 is 1.20 bits per heavy atom. The molecule has 3 nitrogen and oxygen atoms in total. The molecule has 15 heavy (non-hydrogen) atoms. The fraction of sp³-hybridized carbons (Fsp3) is 0.917. The van der Waals surface area contributed by atoms with Gasteiger partial charge in [-0.1, -0.05) is 13.8 Å². The Labute approximate surface area is 94.0 Å². The molecule has 0 aromatic rings. The van der Waals surface area contributed by atoms with Crippen LogP contribution in [0, 0.1) is 5.92 Å². The number of unbranched alkanes of at least 4 members (excludes halogenated alkanes) is 1. The molecule has 0 amide bonds. The van der Waals surface area contributed by atoms with Crippen molar-refractivity contribution in [2.24, 2.45) is 11.7 Å². The second-order valence-corrected chi connectivity index (χ2v) is 4.68. The van der Waals surface area contributed by atoms with E-state index < -0.39 is 0 Å². The van der Waals surface area contributed by atoms with E-state index in [1.807, 2.05) is 13.8 Å². The van der Waals surface area contributed by atoms with Gasteiger partial charge in [0.1, 0.15) is 5.78 Å². The van der Waals surface area contributed by atoms with E-state index in [2.05, 4.69) is 18.7 Å². The molecule has 0 aliphatic heterocycles. The Bertz CT molecular complexity index is 178. The lowest BCUT2D eigenvalue weighted by Crippen LogP contribution is -2.38. The lowest BCUT2D eigenvalue weighted by molar-refractivity contribution is -0.123. The third kappa shape index (κ3) is 6.63. The van der Waals surface area contributed by atoms with Crippen molar-refractivity contribution >= 4 is 5.78 Å². The summed E-state index contributed by atoms with van der Waals surface area (Å²) in [6, 6.07) is 0.436. The van der Waals surface area contributed by atoms with Crippen molar-refractivity contribution in [3.05, 3.63) is 0 Å². The van der Waals surface area contributed by atoms with Crippen LogP contribution in [0.5, 0.6) is 0 Å². The molecule has 0 aliphatic rings. The Morgan fingerprint density at radius 2 is 1.80 bits per heavy atom. The molecule has 0 saturated carbocycles. The van der Waals surface area contributed by atoms with Crippen LogP contribution in [-0.2, 0) is 4.79 Å². The Balaban J connectivity index is 3.99. The number of hydrogen-bond acceptors (Lipinski definition) is 3. The molecular weight excluding hydrogens is 188 g/mol. The number of Topliss-reactive ketones (excluding diaryl/α,β-unsaturated/α-hetero) is 1. The van der Waals surface area contributed by atoms with Gasteiger partial charge in [0, 0.05) is 12.0 Å². The summed E-state index contributed by atoms with van der Waals surface area (Å²) in [5.74, 6) is 0.470. The molecule has 0 aliphatic carbocycles. The highest BCUT2D eigenvalue weighted by Gasteiger charge is 2.15. The second kappa shape index (κ2) is 7.83. The smallest absolute Gasteiger partial charge is 0.149 e. The van der Waals surface area contributed by atoms with Crippen LogP contribution in [0.3, 0.4) is 0 Å². The van der Waals surface area contributed by atoms with Gasteiger partial charge >= 0.3 is 0 Å². The van der Waals surface area contributed by atoms with Crippen LogP contribution in [0.4, 0.5) is 0 Å². The van der Waals surface area contributed by atoms with Crippen LogP contribution in [0.25, 0.3) is 0 Å². The first-order valence-corrected chi connectivity index (χ1v) is 5.95. The van der Waals surface area contributed by atoms with E-state index >= 15 is 0 Å². The minimum atomic E-state index is 0.140. The molecule has 0 aromatic carbocycles. The fourth-order valence-corrected chi connectivity index (χ4v) is 1.36. The van der Waals surface area contributed by atoms with Crippen LogP contribution in [0.2, 0.25) is 0 Å². The van der Waals surface area contributed by atoms with Gasteiger partial charge in [-0.3, -0.25) is 9.69 Å². The maximum Gasteiger partial charge on any atom is 0.149 e. The summed E-state index contributed by atoms with van der Waals surface area (Å²) in [6.07, 6.45) is 2.12. The molecule has 0 heterocycles. The van der Waals surface area contributed by atoms with Crippen LogP contribution >= 0.6 is 0 Å². The zero-order valence-electron chi connectivity index (χ0n) is 10.6. The largest absolute Gasteiger partial charge is 0.330 e. The van der Waals surface area contributed by atoms with Gasteiger partial charge in [0.25, 0.3) is 0 Å². The average molecular weight is 214 g/mol. The number of nitrogens with zero attached hydrogens (tertiary/aromatic N) is 1. The molecule has 0 aromatic heterocycles. The molecule has 0 saturated heterocycles. The molecule has 3 heteroatoms. The number of rotatable bonds is 8. The van der Waals surface area contributed by atoms with E-state index in [-0.39, 0.29) is 5.92 Å². The number of carbonyl (C=O) groups excluding carboxylic acids is 1. The fourth-order valence-electron chi connectivity index (χ4n) is 1.36. The highest BCUT2D eigenvalue weighted by molar-refractivity contribution is 5.82. The summed E-state index contributed by atoms with van der Waals surface area (Å²) in [5.41, 5.74) is 5.45. The van der Waals surface area contributed by atoms with Gasteiger partial charge in [-0.2, -0.15) is 0 Å². The maximum atomic E-state index is 11.6. The molecule has 2 N–H and O–H groups in total. The van der Waals surface area contributed by atoms with Gasteiger partial charge in [-0.25, -0.2) is 0 Å². The van der Waals surface area contributed by atoms with E-state index in [4.69, 9.17) is 5.73 Å². The lowest BCUT2D eigenvalue weighted by Gasteiger charge is -2.26. The summed E-state index contributed by atoms with van der Waals surface area (Å²) < 4.78 is 0. The summed E-state index contributed by atoms with van der Waals surface area (Å²) in [4.78, 5) is 13.9. The van der Waals surface area contributed by atoms with Gasteiger partial charge in [0.15, 0.2) is 0 Å². The third-order valence-electron chi connectivity index (χ3n) is 2.63. The van der Waals surface area contributed by atoms with Gasteiger partial charge in [0.05, 0.1) is 6.54 Å². The summed E-state index contributed by atoms with van der Waals surface area (Å²) in [6.45, 7) is 10.5. The zero-order valence-corrected chi connectivity index (χ0v) is 10.6. The summed E-state index contributed by atoms with van der Waals surface area (Å²) >= 11 is 0. The standard InChI is InChI=1S/C12H26N2O/c1-10(2)12(15)9-14(11(3)4)8-6-5-7-13/h10-11H,5-9,13H2,1-4H3. The minimum absolute atomic E-state index is 0.140. The van der Waals surface area contributed by atoms with Crippen molar-refractivity contribution in [3.63, 3.8) is 0 Å². The summed E-state index contributed by atoms with van der Waals surface area (Å²) in [5, 5.41) is 0. The van der Waals surface area contributed by atoms with E-state index in [1.165, 1.54) is 0 Å². The van der Waals surface area contributed by atoms with Gasteiger partial charge in [-0.15, -0.1) is 0 Å². The molecule has 0 spiro atoms. The number of carbonyl (C=O) groups is 1. The van der Waals surface area contributed by atoms with Gasteiger partial charge < -0.3 is 5.73 Å². The van der Waals surface area contributed by atoms with Crippen molar-refractivity contribution in [2.45, 2.75) is 46.6 Å². The normalized spacial score (nSPS) is 11.7. The molecule has 0 atom stereocenters. The maximum absolute atomic E-state index is 11.6. The Morgan fingerprint density at radius 3 is 2.20 bits per heavy atom. The predicted molar refractivity (Wildman–Crippen MR) is 64.8 cm³/mol. The molecule has 0 bridgehead atoms. The van der Waals surface area contributed by atoms with Crippen LogP contribution in [0.15, 0.2) is 0 Å². The van der Waals surface area contributed by atoms with E-state index in [1.54, 1.807) is 0 Å². The van der Waals surface area contributed by atoms with E-state index in [9.17, 15) is 4.79 Å². The highest BCUT2D eigenvalue weighted by Crippen LogP contribution is 2.04. The molecule has 90 valence electrons.